The number of carboxylic acids is 1. The van der Waals surface area contributed by atoms with Crippen LogP contribution in [0.3, 0.4) is 0 Å². The molecule has 0 aromatic heterocycles. The second-order valence-corrected chi connectivity index (χ2v) is 5.65. The van der Waals surface area contributed by atoms with Crippen LogP contribution in [0.2, 0.25) is 0 Å². The molecule has 0 aromatic carbocycles. The second-order valence-electron chi connectivity index (χ2n) is 5.65. The van der Waals surface area contributed by atoms with E-state index in [0.717, 1.165) is 6.42 Å². The Bertz CT molecular complexity index is 412. The molecule has 2 heterocycles. The van der Waals surface area contributed by atoms with Gasteiger partial charge in [0.25, 0.3) is 0 Å². The third-order valence-electron chi connectivity index (χ3n) is 4.18. The molecule has 2 rings (SSSR count). The van der Waals surface area contributed by atoms with Gasteiger partial charge < -0.3 is 20.6 Å². The van der Waals surface area contributed by atoms with Gasteiger partial charge in [0.15, 0.2) is 0 Å². The molecule has 2 unspecified atom stereocenters. The van der Waals surface area contributed by atoms with Crippen LogP contribution in [-0.4, -0.2) is 59.0 Å². The molecule has 2 atom stereocenters. The maximum atomic E-state index is 12.3. The Balaban J connectivity index is 1.80. The van der Waals surface area contributed by atoms with E-state index in [0.29, 0.717) is 39.0 Å². The van der Waals surface area contributed by atoms with Gasteiger partial charge in [0.05, 0.1) is 5.92 Å². The average Bonchev–Trinajstić information content (AvgIpc) is 3.05. The van der Waals surface area contributed by atoms with Crippen molar-refractivity contribution >= 4 is 17.9 Å². The van der Waals surface area contributed by atoms with Crippen LogP contribution in [0.4, 0.5) is 4.79 Å². The van der Waals surface area contributed by atoms with Crippen molar-refractivity contribution in [3.05, 3.63) is 0 Å². The predicted molar refractivity (Wildman–Crippen MR) is 70.8 cm³/mol. The number of aliphatic carboxylic acids is 1. The van der Waals surface area contributed by atoms with E-state index >= 15 is 0 Å². The number of nitrogens with zero attached hydrogens (tertiary/aromatic N) is 2. The largest absolute Gasteiger partial charge is 0.481 e. The van der Waals surface area contributed by atoms with Crippen molar-refractivity contribution in [2.75, 3.05) is 26.2 Å². The molecule has 7 nitrogen and oxygen atoms in total. The lowest BCUT2D eigenvalue weighted by atomic mass is 10.0. The summed E-state index contributed by atoms with van der Waals surface area (Å²) in [4.78, 5) is 37.4. The number of primary amides is 1. The number of amides is 3. The first-order chi connectivity index (χ1) is 9.47. The Labute approximate surface area is 117 Å². The molecule has 2 fully saturated rings. The number of urea groups is 1. The Kier molecular flexibility index (Phi) is 4.46. The van der Waals surface area contributed by atoms with Crippen LogP contribution in [-0.2, 0) is 9.59 Å². The zero-order valence-electron chi connectivity index (χ0n) is 11.5. The lowest BCUT2D eigenvalue weighted by Gasteiger charge is -2.24. The summed E-state index contributed by atoms with van der Waals surface area (Å²) in [5, 5.41) is 8.67. The zero-order valence-corrected chi connectivity index (χ0v) is 11.5. The van der Waals surface area contributed by atoms with Crippen molar-refractivity contribution in [3.8, 4) is 0 Å². The lowest BCUT2D eigenvalue weighted by Crippen LogP contribution is -2.41. The summed E-state index contributed by atoms with van der Waals surface area (Å²) < 4.78 is 0. The summed E-state index contributed by atoms with van der Waals surface area (Å²) in [6.07, 6.45) is 2.26. The third kappa shape index (κ3) is 3.40. The predicted octanol–water partition coefficient (Wildman–Crippen LogP) is 0.100. The minimum Gasteiger partial charge on any atom is -0.481 e. The normalized spacial score (nSPS) is 26.0. The molecule has 2 aliphatic heterocycles. The van der Waals surface area contributed by atoms with Crippen molar-refractivity contribution in [2.24, 2.45) is 17.6 Å². The Hall–Kier alpha value is -1.79. The molecular weight excluding hydrogens is 262 g/mol. The number of hydrogen-bond acceptors (Lipinski definition) is 3. The van der Waals surface area contributed by atoms with Crippen LogP contribution in [0.15, 0.2) is 0 Å². The van der Waals surface area contributed by atoms with Crippen LogP contribution in [0.5, 0.6) is 0 Å². The van der Waals surface area contributed by atoms with E-state index in [9.17, 15) is 14.4 Å². The molecule has 3 N–H and O–H groups in total. The fourth-order valence-corrected chi connectivity index (χ4v) is 2.94. The first-order valence-corrected chi connectivity index (χ1v) is 7.02. The summed E-state index contributed by atoms with van der Waals surface area (Å²) in [7, 11) is 0. The molecule has 20 heavy (non-hydrogen) atoms. The quantitative estimate of drug-likeness (QED) is 0.763. The maximum Gasteiger partial charge on any atom is 0.320 e. The molecule has 0 bridgehead atoms. The van der Waals surface area contributed by atoms with Gasteiger partial charge >= 0.3 is 12.0 Å². The zero-order chi connectivity index (χ0) is 14.7. The van der Waals surface area contributed by atoms with Gasteiger partial charge in [0.1, 0.15) is 0 Å². The fraction of sp³-hybridized carbons (Fsp3) is 0.769. The van der Waals surface area contributed by atoms with Gasteiger partial charge in [-0.25, -0.2) is 4.79 Å². The molecule has 2 saturated heterocycles. The van der Waals surface area contributed by atoms with E-state index in [1.807, 2.05) is 0 Å². The summed E-state index contributed by atoms with van der Waals surface area (Å²) in [5.74, 6) is -1.10. The van der Waals surface area contributed by atoms with E-state index in [1.165, 1.54) is 0 Å². The fourth-order valence-electron chi connectivity index (χ4n) is 2.94. The third-order valence-corrected chi connectivity index (χ3v) is 4.18. The number of carbonyl (C=O) groups is 3. The van der Waals surface area contributed by atoms with E-state index < -0.39 is 5.97 Å². The van der Waals surface area contributed by atoms with Crippen molar-refractivity contribution in [3.63, 3.8) is 0 Å². The van der Waals surface area contributed by atoms with Crippen molar-refractivity contribution < 1.29 is 19.5 Å². The monoisotopic (exact) mass is 283 g/mol. The van der Waals surface area contributed by atoms with Crippen molar-refractivity contribution in [1.82, 2.24) is 9.80 Å². The van der Waals surface area contributed by atoms with E-state index in [2.05, 4.69) is 0 Å². The van der Waals surface area contributed by atoms with Crippen LogP contribution in [0, 0.1) is 11.8 Å². The number of likely N-dealkylation sites (tertiary alicyclic amines) is 2. The highest BCUT2D eigenvalue weighted by molar-refractivity contribution is 5.80. The number of hydrogen-bond donors (Lipinski definition) is 2. The number of carboxylic acid groups (broad SMARTS) is 1. The molecule has 0 aromatic rings. The highest BCUT2D eigenvalue weighted by Gasteiger charge is 2.34. The molecule has 2 aliphatic rings. The van der Waals surface area contributed by atoms with Crippen molar-refractivity contribution in [2.45, 2.75) is 25.7 Å². The van der Waals surface area contributed by atoms with Gasteiger partial charge in [-0.1, -0.05) is 0 Å². The average molecular weight is 283 g/mol. The summed E-state index contributed by atoms with van der Waals surface area (Å²) >= 11 is 0. The van der Waals surface area contributed by atoms with Crippen LogP contribution in [0.25, 0.3) is 0 Å². The van der Waals surface area contributed by atoms with E-state index in [4.69, 9.17) is 10.8 Å². The topological polar surface area (TPSA) is 104 Å². The SMILES string of the molecule is NC(=O)C1CCN(C(=O)N2CCC(CCC(=O)O)C2)C1. The molecule has 0 radical (unpaired) electrons. The second kappa shape index (κ2) is 6.11. The summed E-state index contributed by atoms with van der Waals surface area (Å²) in [6.45, 7) is 2.26. The van der Waals surface area contributed by atoms with Crippen molar-refractivity contribution in [1.29, 1.82) is 0 Å². The molecule has 3 amide bonds. The highest BCUT2D eigenvalue weighted by Crippen LogP contribution is 2.24. The standard InChI is InChI=1S/C13H21N3O4/c14-12(19)10-4-6-16(8-10)13(20)15-5-3-9(7-15)1-2-11(17)18/h9-10H,1-8H2,(H2,14,19)(H,17,18). The van der Waals surface area contributed by atoms with Gasteiger partial charge in [-0.2, -0.15) is 0 Å². The Morgan fingerprint density at radius 1 is 1.10 bits per heavy atom. The van der Waals surface area contributed by atoms with E-state index in [-0.39, 0.29) is 30.2 Å². The van der Waals surface area contributed by atoms with Crippen LogP contribution in [0.1, 0.15) is 25.7 Å². The molecule has 7 heteroatoms. The summed E-state index contributed by atoms with van der Waals surface area (Å²) in [5.41, 5.74) is 5.26. The Morgan fingerprint density at radius 3 is 2.35 bits per heavy atom. The van der Waals surface area contributed by atoms with Gasteiger partial charge in [0, 0.05) is 32.6 Å². The van der Waals surface area contributed by atoms with Gasteiger partial charge in [-0.3, -0.25) is 9.59 Å². The molecule has 0 spiro atoms. The lowest BCUT2D eigenvalue weighted by molar-refractivity contribution is -0.137. The molecule has 0 saturated carbocycles. The maximum absolute atomic E-state index is 12.3. The van der Waals surface area contributed by atoms with Gasteiger partial charge in [-0.05, 0) is 25.2 Å². The molecule has 0 aliphatic carbocycles. The molecular formula is C13H21N3O4. The number of rotatable bonds is 4. The molecule has 112 valence electrons. The minimum absolute atomic E-state index is 0.0495. The summed E-state index contributed by atoms with van der Waals surface area (Å²) in [6, 6.07) is -0.0495. The first kappa shape index (κ1) is 14.6. The highest BCUT2D eigenvalue weighted by atomic mass is 16.4. The van der Waals surface area contributed by atoms with Crippen LogP contribution < -0.4 is 5.73 Å². The number of carbonyl (C=O) groups excluding carboxylic acids is 2. The Morgan fingerprint density at radius 2 is 1.75 bits per heavy atom. The van der Waals surface area contributed by atoms with E-state index in [1.54, 1.807) is 9.80 Å². The smallest absolute Gasteiger partial charge is 0.320 e. The van der Waals surface area contributed by atoms with Gasteiger partial charge in [0.2, 0.25) is 5.91 Å². The number of nitrogens with two attached hydrogens (primary N) is 1. The van der Waals surface area contributed by atoms with Crippen LogP contribution >= 0.6 is 0 Å². The van der Waals surface area contributed by atoms with Gasteiger partial charge in [-0.15, -0.1) is 0 Å². The first-order valence-electron chi connectivity index (χ1n) is 7.02. The minimum atomic E-state index is -0.793.